The Morgan fingerprint density at radius 1 is 1.17 bits per heavy atom. The van der Waals surface area contributed by atoms with Crippen LogP contribution in [0.2, 0.25) is 0 Å². The average molecular weight is 338 g/mol. The zero-order valence-corrected chi connectivity index (χ0v) is 14.3. The monoisotopic (exact) mass is 338 g/mol. The predicted molar refractivity (Wildman–Crippen MR) is 91.8 cm³/mol. The standard InChI is InChI=1S/C16H22N2O4S/c1-4-23-14(10(2)3)16(22)18-12-7-5-11(6-8-12)15(21)17-9-13(19)20/h5-8,10,14H,4,9H2,1-3H3,(H,17,21)(H,18,22)(H,19,20). The number of rotatable bonds is 8. The van der Waals surface area contributed by atoms with Gasteiger partial charge in [-0.1, -0.05) is 20.8 Å². The number of benzene rings is 1. The number of amides is 2. The van der Waals surface area contributed by atoms with Gasteiger partial charge in [-0.25, -0.2) is 0 Å². The van der Waals surface area contributed by atoms with Crippen LogP contribution in [0.15, 0.2) is 24.3 Å². The van der Waals surface area contributed by atoms with Crippen LogP contribution in [-0.2, 0) is 9.59 Å². The Bertz CT molecular complexity index is 558. The quantitative estimate of drug-likeness (QED) is 0.675. The van der Waals surface area contributed by atoms with Crippen molar-refractivity contribution in [2.75, 3.05) is 17.6 Å². The smallest absolute Gasteiger partial charge is 0.322 e. The molecule has 2 amide bonds. The number of carbonyl (C=O) groups excluding carboxylic acids is 2. The van der Waals surface area contributed by atoms with E-state index in [0.29, 0.717) is 11.3 Å². The minimum absolute atomic E-state index is 0.0603. The highest BCUT2D eigenvalue weighted by Crippen LogP contribution is 2.21. The molecule has 0 fully saturated rings. The van der Waals surface area contributed by atoms with Gasteiger partial charge in [0.25, 0.3) is 5.91 Å². The van der Waals surface area contributed by atoms with Gasteiger partial charge in [0.1, 0.15) is 6.54 Å². The van der Waals surface area contributed by atoms with Crippen LogP contribution in [0.25, 0.3) is 0 Å². The number of carboxylic acid groups (broad SMARTS) is 1. The Balaban J connectivity index is 2.67. The summed E-state index contributed by atoms with van der Waals surface area (Å²) in [6.45, 7) is 5.59. The highest BCUT2D eigenvalue weighted by Gasteiger charge is 2.22. The van der Waals surface area contributed by atoms with Gasteiger partial charge >= 0.3 is 5.97 Å². The molecule has 0 aromatic heterocycles. The first-order valence-corrected chi connectivity index (χ1v) is 8.42. The van der Waals surface area contributed by atoms with Crippen LogP contribution in [-0.4, -0.2) is 40.4 Å². The highest BCUT2D eigenvalue weighted by molar-refractivity contribution is 8.00. The minimum Gasteiger partial charge on any atom is -0.480 e. The summed E-state index contributed by atoms with van der Waals surface area (Å²) >= 11 is 1.60. The van der Waals surface area contributed by atoms with E-state index in [1.165, 1.54) is 0 Å². The molecular weight excluding hydrogens is 316 g/mol. The van der Waals surface area contributed by atoms with Crippen molar-refractivity contribution in [3.8, 4) is 0 Å². The number of carbonyl (C=O) groups is 3. The zero-order chi connectivity index (χ0) is 17.4. The lowest BCUT2D eigenvalue weighted by atomic mass is 10.1. The summed E-state index contributed by atoms with van der Waals surface area (Å²) in [4.78, 5) is 34.4. The Labute approximate surface area is 140 Å². The van der Waals surface area contributed by atoms with E-state index in [4.69, 9.17) is 5.11 Å². The van der Waals surface area contributed by atoms with E-state index in [1.807, 2.05) is 20.8 Å². The molecule has 126 valence electrons. The van der Waals surface area contributed by atoms with E-state index in [0.717, 1.165) is 5.75 Å². The predicted octanol–water partition coefficient (Wildman–Crippen LogP) is 2.22. The van der Waals surface area contributed by atoms with Crippen LogP contribution in [0.1, 0.15) is 31.1 Å². The zero-order valence-electron chi connectivity index (χ0n) is 13.5. The maximum Gasteiger partial charge on any atom is 0.322 e. The molecule has 0 aliphatic rings. The number of thioether (sulfide) groups is 1. The van der Waals surface area contributed by atoms with Crippen molar-refractivity contribution >= 4 is 35.2 Å². The molecule has 23 heavy (non-hydrogen) atoms. The fraction of sp³-hybridized carbons (Fsp3) is 0.438. The van der Waals surface area contributed by atoms with Gasteiger partial charge in [0.2, 0.25) is 5.91 Å². The van der Waals surface area contributed by atoms with Crippen LogP contribution < -0.4 is 10.6 Å². The van der Waals surface area contributed by atoms with Gasteiger partial charge in [-0.2, -0.15) is 0 Å². The van der Waals surface area contributed by atoms with Gasteiger partial charge < -0.3 is 15.7 Å². The van der Waals surface area contributed by atoms with Crippen LogP contribution in [0.5, 0.6) is 0 Å². The number of carboxylic acids is 1. The molecule has 7 heteroatoms. The molecule has 0 saturated heterocycles. The number of hydrogen-bond acceptors (Lipinski definition) is 4. The van der Waals surface area contributed by atoms with Gasteiger partial charge in [-0.15, -0.1) is 11.8 Å². The second-order valence-corrected chi connectivity index (χ2v) is 6.68. The summed E-state index contributed by atoms with van der Waals surface area (Å²) in [5, 5.41) is 13.5. The fourth-order valence-corrected chi connectivity index (χ4v) is 2.88. The third kappa shape index (κ3) is 6.32. The van der Waals surface area contributed by atoms with E-state index in [2.05, 4.69) is 10.6 Å². The van der Waals surface area contributed by atoms with Crippen LogP contribution in [0.4, 0.5) is 5.69 Å². The maximum absolute atomic E-state index is 12.3. The molecule has 1 rings (SSSR count). The molecule has 1 atom stereocenters. The molecule has 1 aromatic carbocycles. The average Bonchev–Trinajstić information content (AvgIpc) is 2.50. The molecule has 0 aliphatic heterocycles. The number of hydrogen-bond donors (Lipinski definition) is 3. The summed E-state index contributed by atoms with van der Waals surface area (Å²) in [6, 6.07) is 6.34. The molecule has 0 spiro atoms. The van der Waals surface area contributed by atoms with Gasteiger partial charge in [0, 0.05) is 11.3 Å². The molecular formula is C16H22N2O4S. The molecule has 1 aromatic rings. The van der Waals surface area contributed by atoms with E-state index in [1.54, 1.807) is 36.0 Å². The van der Waals surface area contributed by atoms with E-state index in [9.17, 15) is 14.4 Å². The van der Waals surface area contributed by atoms with Gasteiger partial charge in [0.15, 0.2) is 0 Å². The topological polar surface area (TPSA) is 95.5 Å². The molecule has 0 bridgehead atoms. The molecule has 3 N–H and O–H groups in total. The molecule has 6 nitrogen and oxygen atoms in total. The normalized spacial score (nSPS) is 11.8. The third-order valence-corrected chi connectivity index (χ3v) is 4.48. The second-order valence-electron chi connectivity index (χ2n) is 5.26. The van der Waals surface area contributed by atoms with Crippen molar-refractivity contribution in [3.05, 3.63) is 29.8 Å². The van der Waals surface area contributed by atoms with Crippen molar-refractivity contribution in [3.63, 3.8) is 0 Å². The summed E-state index contributed by atoms with van der Waals surface area (Å²) < 4.78 is 0. The Morgan fingerprint density at radius 3 is 2.26 bits per heavy atom. The van der Waals surface area contributed by atoms with E-state index >= 15 is 0 Å². The molecule has 0 aliphatic carbocycles. The van der Waals surface area contributed by atoms with Crippen molar-refractivity contribution in [1.29, 1.82) is 0 Å². The third-order valence-electron chi connectivity index (χ3n) is 3.02. The number of nitrogens with one attached hydrogen (secondary N) is 2. The lowest BCUT2D eigenvalue weighted by molar-refractivity contribution is -0.135. The van der Waals surface area contributed by atoms with Crippen molar-refractivity contribution in [2.45, 2.75) is 26.0 Å². The molecule has 0 heterocycles. The Kier molecular flexibility index (Phi) is 7.61. The van der Waals surface area contributed by atoms with Crippen LogP contribution in [0.3, 0.4) is 0 Å². The fourth-order valence-electron chi connectivity index (χ4n) is 1.93. The first-order valence-electron chi connectivity index (χ1n) is 7.37. The maximum atomic E-state index is 12.3. The van der Waals surface area contributed by atoms with Crippen LogP contribution >= 0.6 is 11.8 Å². The lowest BCUT2D eigenvalue weighted by Crippen LogP contribution is -2.30. The van der Waals surface area contributed by atoms with Gasteiger partial charge in [-0.05, 0) is 35.9 Å². The number of aliphatic carboxylic acids is 1. The summed E-state index contributed by atoms with van der Waals surface area (Å²) in [6.07, 6.45) is 0. The van der Waals surface area contributed by atoms with Gasteiger partial charge in [-0.3, -0.25) is 14.4 Å². The Hall–Kier alpha value is -2.02. The summed E-state index contributed by atoms with van der Waals surface area (Å²) in [5.41, 5.74) is 0.944. The van der Waals surface area contributed by atoms with E-state index < -0.39 is 18.4 Å². The largest absolute Gasteiger partial charge is 0.480 e. The summed E-state index contributed by atoms with van der Waals surface area (Å²) in [5.74, 6) is -0.544. The molecule has 0 saturated carbocycles. The van der Waals surface area contributed by atoms with E-state index in [-0.39, 0.29) is 17.1 Å². The van der Waals surface area contributed by atoms with Gasteiger partial charge in [0.05, 0.1) is 5.25 Å². The minimum atomic E-state index is -1.10. The second kappa shape index (κ2) is 9.19. The summed E-state index contributed by atoms with van der Waals surface area (Å²) in [7, 11) is 0. The van der Waals surface area contributed by atoms with Crippen molar-refractivity contribution < 1.29 is 19.5 Å². The SMILES string of the molecule is CCSC(C(=O)Nc1ccc(C(=O)NCC(=O)O)cc1)C(C)C. The number of anilines is 1. The van der Waals surface area contributed by atoms with Crippen molar-refractivity contribution in [2.24, 2.45) is 5.92 Å². The highest BCUT2D eigenvalue weighted by atomic mass is 32.2. The lowest BCUT2D eigenvalue weighted by Gasteiger charge is -2.19. The first kappa shape index (κ1) is 19.0. The first-order chi connectivity index (χ1) is 10.8. The van der Waals surface area contributed by atoms with Crippen molar-refractivity contribution in [1.82, 2.24) is 5.32 Å². The van der Waals surface area contributed by atoms with Crippen LogP contribution in [0, 0.1) is 5.92 Å². The molecule has 0 radical (unpaired) electrons. The molecule has 1 unspecified atom stereocenters. The Morgan fingerprint density at radius 2 is 1.78 bits per heavy atom.